The standard InChI is InChI=1S/C20H11ClF2N2OS/c21-19-8-7-18(27-19)17-10-13(12-3-1-2-4-16(12)25-17)20(26)24-11-5-6-14(22)15(23)9-11/h1-10H,(H,24,26). The van der Waals surface area contributed by atoms with E-state index in [1.165, 1.54) is 17.4 Å². The van der Waals surface area contributed by atoms with Gasteiger partial charge in [0.05, 0.1) is 26.0 Å². The van der Waals surface area contributed by atoms with Crippen LogP contribution in [0.25, 0.3) is 21.5 Å². The van der Waals surface area contributed by atoms with Crippen molar-refractivity contribution in [3.05, 3.63) is 82.2 Å². The molecule has 0 bridgehead atoms. The van der Waals surface area contributed by atoms with Crippen LogP contribution in [0, 0.1) is 11.6 Å². The second-order valence-corrected chi connectivity index (χ2v) is 7.47. The average molecular weight is 401 g/mol. The molecule has 0 fully saturated rings. The van der Waals surface area contributed by atoms with E-state index in [2.05, 4.69) is 10.3 Å². The van der Waals surface area contributed by atoms with Crippen molar-refractivity contribution in [1.29, 1.82) is 0 Å². The van der Waals surface area contributed by atoms with E-state index in [-0.39, 0.29) is 5.69 Å². The zero-order valence-electron chi connectivity index (χ0n) is 13.7. The number of para-hydroxylation sites is 1. The molecule has 0 radical (unpaired) electrons. The molecule has 0 aliphatic carbocycles. The summed E-state index contributed by atoms with van der Waals surface area (Å²) in [5.41, 5.74) is 1.81. The first-order valence-electron chi connectivity index (χ1n) is 7.93. The lowest BCUT2D eigenvalue weighted by Crippen LogP contribution is -2.13. The van der Waals surface area contributed by atoms with Crippen molar-refractivity contribution in [2.24, 2.45) is 0 Å². The first kappa shape index (κ1) is 17.6. The number of benzene rings is 2. The summed E-state index contributed by atoms with van der Waals surface area (Å²) in [6.45, 7) is 0. The van der Waals surface area contributed by atoms with Crippen LogP contribution >= 0.6 is 22.9 Å². The Bertz CT molecular complexity index is 1180. The number of pyridine rings is 1. The normalized spacial score (nSPS) is 10.9. The van der Waals surface area contributed by atoms with Crippen molar-refractivity contribution in [3.63, 3.8) is 0 Å². The van der Waals surface area contributed by atoms with Gasteiger partial charge in [-0.1, -0.05) is 29.8 Å². The Morgan fingerprint density at radius 3 is 2.56 bits per heavy atom. The van der Waals surface area contributed by atoms with Gasteiger partial charge in [0, 0.05) is 17.1 Å². The minimum Gasteiger partial charge on any atom is -0.322 e. The van der Waals surface area contributed by atoms with Crippen LogP contribution in [0.15, 0.2) is 60.7 Å². The van der Waals surface area contributed by atoms with Gasteiger partial charge in [0.25, 0.3) is 5.91 Å². The molecule has 4 aromatic rings. The highest BCUT2D eigenvalue weighted by molar-refractivity contribution is 7.19. The van der Waals surface area contributed by atoms with Crippen LogP contribution in [0.5, 0.6) is 0 Å². The summed E-state index contributed by atoms with van der Waals surface area (Å²) < 4.78 is 27.1. The fourth-order valence-corrected chi connectivity index (χ4v) is 3.72. The van der Waals surface area contributed by atoms with Gasteiger partial charge in [0.2, 0.25) is 0 Å². The van der Waals surface area contributed by atoms with Gasteiger partial charge in [-0.3, -0.25) is 4.79 Å². The van der Waals surface area contributed by atoms with E-state index in [0.717, 1.165) is 17.0 Å². The predicted octanol–water partition coefficient (Wildman–Crippen LogP) is 6.15. The van der Waals surface area contributed by atoms with Gasteiger partial charge in [0.15, 0.2) is 11.6 Å². The highest BCUT2D eigenvalue weighted by atomic mass is 35.5. The van der Waals surface area contributed by atoms with Crippen molar-refractivity contribution < 1.29 is 13.6 Å². The molecular formula is C20H11ClF2N2OS. The molecule has 1 amide bonds. The molecule has 0 aliphatic rings. The maximum Gasteiger partial charge on any atom is 0.256 e. The number of nitrogens with zero attached hydrogens (tertiary/aromatic N) is 1. The van der Waals surface area contributed by atoms with Gasteiger partial charge in [0.1, 0.15) is 0 Å². The molecule has 0 atom stereocenters. The summed E-state index contributed by atoms with van der Waals surface area (Å²) in [5, 5.41) is 3.26. The molecule has 2 heterocycles. The van der Waals surface area contributed by atoms with E-state index in [1.807, 2.05) is 18.2 Å². The fourth-order valence-electron chi connectivity index (χ4n) is 2.71. The SMILES string of the molecule is O=C(Nc1ccc(F)c(F)c1)c1cc(-c2ccc(Cl)s2)nc2ccccc12. The van der Waals surface area contributed by atoms with Crippen LogP contribution in [0.2, 0.25) is 4.34 Å². The molecule has 27 heavy (non-hydrogen) atoms. The summed E-state index contributed by atoms with van der Waals surface area (Å²) in [6, 6.07) is 15.7. The van der Waals surface area contributed by atoms with Gasteiger partial charge in [-0.2, -0.15) is 0 Å². The predicted molar refractivity (Wildman–Crippen MR) is 104 cm³/mol. The Labute approximate surface area is 162 Å². The Hall–Kier alpha value is -2.83. The molecule has 2 aromatic heterocycles. The third-order valence-corrected chi connectivity index (χ3v) is 5.22. The smallest absolute Gasteiger partial charge is 0.256 e. The van der Waals surface area contributed by atoms with E-state index in [4.69, 9.17) is 11.6 Å². The zero-order valence-corrected chi connectivity index (χ0v) is 15.2. The third kappa shape index (κ3) is 3.54. The molecular weight excluding hydrogens is 390 g/mol. The van der Waals surface area contributed by atoms with E-state index in [0.29, 0.717) is 26.5 Å². The number of hydrogen-bond acceptors (Lipinski definition) is 3. The molecule has 3 nitrogen and oxygen atoms in total. The number of thiophene rings is 1. The second kappa shape index (κ2) is 7.06. The number of amides is 1. The van der Waals surface area contributed by atoms with Crippen LogP contribution < -0.4 is 5.32 Å². The molecule has 4 rings (SSSR count). The molecule has 0 spiro atoms. The molecule has 7 heteroatoms. The first-order valence-corrected chi connectivity index (χ1v) is 9.12. The first-order chi connectivity index (χ1) is 13.0. The van der Waals surface area contributed by atoms with Crippen LogP contribution in [0.4, 0.5) is 14.5 Å². The maximum absolute atomic E-state index is 13.4. The van der Waals surface area contributed by atoms with Crippen molar-refractivity contribution in [1.82, 2.24) is 4.98 Å². The Kier molecular flexibility index (Phi) is 4.59. The fraction of sp³-hybridized carbons (Fsp3) is 0. The lowest BCUT2D eigenvalue weighted by atomic mass is 10.1. The number of halogens is 3. The molecule has 0 unspecified atom stereocenters. The Balaban J connectivity index is 1.79. The zero-order chi connectivity index (χ0) is 19.0. The minimum atomic E-state index is -1.03. The summed E-state index contributed by atoms with van der Waals surface area (Å²) >= 11 is 7.37. The molecule has 1 N–H and O–H groups in total. The van der Waals surface area contributed by atoms with Gasteiger partial charge >= 0.3 is 0 Å². The number of anilines is 1. The van der Waals surface area contributed by atoms with E-state index < -0.39 is 17.5 Å². The van der Waals surface area contributed by atoms with E-state index in [1.54, 1.807) is 24.3 Å². The number of fused-ring (bicyclic) bond motifs is 1. The van der Waals surface area contributed by atoms with Gasteiger partial charge in [-0.05, 0) is 36.4 Å². The summed E-state index contributed by atoms with van der Waals surface area (Å²) in [6.07, 6.45) is 0. The Morgan fingerprint density at radius 1 is 1.00 bits per heavy atom. The Morgan fingerprint density at radius 2 is 1.81 bits per heavy atom. The molecule has 134 valence electrons. The number of nitrogens with one attached hydrogen (secondary N) is 1. The number of carbonyl (C=O) groups is 1. The summed E-state index contributed by atoms with van der Waals surface area (Å²) in [5.74, 6) is -2.44. The van der Waals surface area contributed by atoms with Crippen LogP contribution in [-0.4, -0.2) is 10.9 Å². The topological polar surface area (TPSA) is 42.0 Å². The lowest BCUT2D eigenvalue weighted by molar-refractivity contribution is 0.102. The number of carbonyl (C=O) groups excluding carboxylic acids is 1. The van der Waals surface area contributed by atoms with Crippen molar-refractivity contribution in [3.8, 4) is 10.6 Å². The van der Waals surface area contributed by atoms with Crippen LogP contribution in [0.3, 0.4) is 0 Å². The van der Waals surface area contributed by atoms with Crippen LogP contribution in [-0.2, 0) is 0 Å². The lowest BCUT2D eigenvalue weighted by Gasteiger charge is -2.10. The highest BCUT2D eigenvalue weighted by Gasteiger charge is 2.15. The summed E-state index contributed by atoms with van der Waals surface area (Å²) in [7, 11) is 0. The van der Waals surface area contributed by atoms with Gasteiger partial charge < -0.3 is 5.32 Å². The van der Waals surface area contributed by atoms with E-state index in [9.17, 15) is 13.6 Å². The molecule has 0 saturated heterocycles. The number of hydrogen-bond donors (Lipinski definition) is 1. The van der Waals surface area contributed by atoms with Crippen molar-refractivity contribution in [2.75, 3.05) is 5.32 Å². The number of rotatable bonds is 3. The summed E-state index contributed by atoms with van der Waals surface area (Å²) in [4.78, 5) is 18.3. The molecule has 0 saturated carbocycles. The number of aromatic nitrogens is 1. The quantitative estimate of drug-likeness (QED) is 0.448. The largest absolute Gasteiger partial charge is 0.322 e. The average Bonchev–Trinajstić information content (AvgIpc) is 3.10. The highest BCUT2D eigenvalue weighted by Crippen LogP contribution is 2.32. The second-order valence-electron chi connectivity index (χ2n) is 5.76. The molecule has 2 aromatic carbocycles. The maximum atomic E-state index is 13.4. The molecule has 0 aliphatic heterocycles. The van der Waals surface area contributed by atoms with Gasteiger partial charge in [-0.25, -0.2) is 13.8 Å². The minimum absolute atomic E-state index is 0.167. The van der Waals surface area contributed by atoms with Crippen molar-refractivity contribution >= 4 is 45.4 Å². The monoisotopic (exact) mass is 400 g/mol. The van der Waals surface area contributed by atoms with Crippen molar-refractivity contribution in [2.45, 2.75) is 0 Å². The van der Waals surface area contributed by atoms with Crippen LogP contribution in [0.1, 0.15) is 10.4 Å². The van der Waals surface area contributed by atoms with E-state index >= 15 is 0 Å². The third-order valence-electron chi connectivity index (χ3n) is 3.96. The van der Waals surface area contributed by atoms with Gasteiger partial charge in [-0.15, -0.1) is 11.3 Å².